The molecule has 1 aromatic rings. The Morgan fingerprint density at radius 2 is 1.85 bits per heavy atom. The normalized spacial score (nSPS) is 18.2. The largest absolute Gasteiger partial charge is 0.368 e. The Labute approximate surface area is 160 Å². The molecule has 1 aliphatic heterocycles. The second-order valence-electron chi connectivity index (χ2n) is 7.25. The van der Waals surface area contributed by atoms with E-state index in [2.05, 4.69) is 11.0 Å². The van der Waals surface area contributed by atoms with E-state index < -0.39 is 0 Å². The first kappa shape index (κ1) is 19.0. The maximum absolute atomic E-state index is 12.6. The van der Waals surface area contributed by atoms with E-state index in [0.717, 1.165) is 49.7 Å². The van der Waals surface area contributed by atoms with Crippen LogP contribution in [0.3, 0.4) is 0 Å². The lowest BCUT2D eigenvalue weighted by atomic mass is 10.2. The van der Waals surface area contributed by atoms with Crippen molar-refractivity contribution in [1.82, 2.24) is 9.80 Å². The van der Waals surface area contributed by atoms with Gasteiger partial charge in [-0.3, -0.25) is 9.59 Å². The van der Waals surface area contributed by atoms with Crippen molar-refractivity contribution in [2.75, 3.05) is 37.6 Å². The molecule has 0 aromatic heterocycles. The summed E-state index contributed by atoms with van der Waals surface area (Å²) in [7, 11) is 0. The summed E-state index contributed by atoms with van der Waals surface area (Å²) in [6.45, 7) is 5.22. The van der Waals surface area contributed by atoms with E-state index in [1.54, 1.807) is 6.92 Å². The molecule has 1 saturated carbocycles. The van der Waals surface area contributed by atoms with Gasteiger partial charge in [0.2, 0.25) is 11.8 Å². The Morgan fingerprint density at radius 3 is 2.46 bits per heavy atom. The summed E-state index contributed by atoms with van der Waals surface area (Å²) in [5, 5.41) is 0.734. The van der Waals surface area contributed by atoms with Crippen LogP contribution in [0.2, 0.25) is 5.02 Å². The molecule has 0 radical (unpaired) electrons. The van der Waals surface area contributed by atoms with Gasteiger partial charge in [-0.2, -0.15) is 0 Å². The van der Waals surface area contributed by atoms with Crippen molar-refractivity contribution < 1.29 is 9.59 Å². The minimum atomic E-state index is 0.0930. The monoisotopic (exact) mass is 377 g/mol. The summed E-state index contributed by atoms with van der Waals surface area (Å²) in [5.74, 6) is 0.246. The number of carbonyl (C=O) groups is 2. The number of piperazine rings is 1. The van der Waals surface area contributed by atoms with Gasteiger partial charge in [-0.05, 0) is 31.0 Å². The van der Waals surface area contributed by atoms with Gasteiger partial charge in [0.1, 0.15) is 0 Å². The molecule has 0 unspecified atom stereocenters. The Morgan fingerprint density at radius 1 is 1.15 bits per heavy atom. The van der Waals surface area contributed by atoms with Crippen LogP contribution < -0.4 is 4.90 Å². The van der Waals surface area contributed by atoms with Gasteiger partial charge in [0, 0.05) is 62.8 Å². The van der Waals surface area contributed by atoms with E-state index in [0.29, 0.717) is 19.0 Å². The van der Waals surface area contributed by atoms with Crippen molar-refractivity contribution in [3.05, 3.63) is 29.3 Å². The summed E-state index contributed by atoms with van der Waals surface area (Å²) >= 11 is 6.07. The molecule has 0 atom stereocenters. The summed E-state index contributed by atoms with van der Waals surface area (Å²) in [4.78, 5) is 30.6. The third-order valence-electron chi connectivity index (χ3n) is 5.54. The van der Waals surface area contributed by atoms with Gasteiger partial charge in [0.15, 0.2) is 0 Å². The van der Waals surface area contributed by atoms with E-state index in [-0.39, 0.29) is 11.8 Å². The van der Waals surface area contributed by atoms with Gasteiger partial charge < -0.3 is 14.7 Å². The summed E-state index contributed by atoms with van der Waals surface area (Å²) in [6.07, 6.45) is 4.95. The summed E-state index contributed by atoms with van der Waals surface area (Å²) < 4.78 is 0. The number of hydrogen-bond acceptors (Lipinski definition) is 3. The molecule has 26 heavy (non-hydrogen) atoms. The molecule has 0 spiro atoms. The Kier molecular flexibility index (Phi) is 6.41. The number of carbonyl (C=O) groups excluding carboxylic acids is 2. The molecule has 2 amide bonds. The highest BCUT2D eigenvalue weighted by atomic mass is 35.5. The molecule has 0 N–H and O–H groups in total. The molecule has 2 fully saturated rings. The van der Waals surface area contributed by atoms with Gasteiger partial charge in [-0.1, -0.05) is 30.5 Å². The number of halogens is 1. The molecule has 1 aromatic carbocycles. The first-order valence-corrected chi connectivity index (χ1v) is 9.98. The van der Waals surface area contributed by atoms with Crippen LogP contribution in [0.1, 0.15) is 39.0 Å². The lowest BCUT2D eigenvalue weighted by molar-refractivity contribution is -0.134. The first-order chi connectivity index (χ1) is 12.5. The lowest BCUT2D eigenvalue weighted by Crippen LogP contribution is -2.49. The van der Waals surface area contributed by atoms with Crippen LogP contribution in [0.4, 0.5) is 5.69 Å². The quantitative estimate of drug-likeness (QED) is 0.791. The predicted molar refractivity (Wildman–Crippen MR) is 105 cm³/mol. The highest BCUT2D eigenvalue weighted by molar-refractivity contribution is 6.30. The summed E-state index contributed by atoms with van der Waals surface area (Å²) in [6, 6.07) is 8.17. The molecule has 6 heteroatoms. The molecule has 1 saturated heterocycles. The van der Waals surface area contributed by atoms with Crippen LogP contribution in [0.25, 0.3) is 0 Å². The van der Waals surface area contributed by atoms with E-state index in [1.807, 2.05) is 28.0 Å². The topological polar surface area (TPSA) is 43.9 Å². The predicted octanol–water partition coefficient (Wildman–Crippen LogP) is 3.17. The van der Waals surface area contributed by atoms with Gasteiger partial charge >= 0.3 is 0 Å². The maximum Gasteiger partial charge on any atom is 0.224 e. The zero-order chi connectivity index (χ0) is 18.5. The number of nitrogens with zero attached hydrogens (tertiary/aromatic N) is 3. The zero-order valence-electron chi connectivity index (χ0n) is 15.5. The minimum absolute atomic E-state index is 0.0930. The van der Waals surface area contributed by atoms with Gasteiger partial charge in [-0.15, -0.1) is 0 Å². The average molecular weight is 378 g/mol. The zero-order valence-corrected chi connectivity index (χ0v) is 16.2. The van der Waals surface area contributed by atoms with Gasteiger partial charge in [0.05, 0.1) is 0 Å². The fourth-order valence-corrected chi connectivity index (χ4v) is 4.26. The average Bonchev–Trinajstić information content (AvgIpc) is 3.16. The smallest absolute Gasteiger partial charge is 0.224 e. The van der Waals surface area contributed by atoms with Gasteiger partial charge in [0.25, 0.3) is 0 Å². The van der Waals surface area contributed by atoms with Crippen molar-refractivity contribution in [2.45, 2.75) is 45.1 Å². The van der Waals surface area contributed by atoms with E-state index in [9.17, 15) is 9.59 Å². The fourth-order valence-electron chi connectivity index (χ4n) is 4.07. The molecule has 1 heterocycles. The van der Waals surface area contributed by atoms with E-state index in [1.165, 1.54) is 12.8 Å². The SMILES string of the molecule is CC(=O)N(CCC(=O)N1CCN(c2cccc(Cl)c2)CC1)C1CCCC1. The highest BCUT2D eigenvalue weighted by Gasteiger charge is 2.26. The van der Waals surface area contributed by atoms with Crippen LogP contribution >= 0.6 is 11.6 Å². The van der Waals surface area contributed by atoms with Crippen LogP contribution in [0.5, 0.6) is 0 Å². The third kappa shape index (κ3) is 4.70. The van der Waals surface area contributed by atoms with Crippen LogP contribution in [0.15, 0.2) is 24.3 Å². The van der Waals surface area contributed by atoms with E-state index >= 15 is 0 Å². The molecule has 1 aliphatic carbocycles. The molecule has 142 valence electrons. The van der Waals surface area contributed by atoms with Crippen molar-refractivity contribution in [2.24, 2.45) is 0 Å². The van der Waals surface area contributed by atoms with Crippen molar-refractivity contribution in [3.63, 3.8) is 0 Å². The van der Waals surface area contributed by atoms with Gasteiger partial charge in [-0.25, -0.2) is 0 Å². The minimum Gasteiger partial charge on any atom is -0.368 e. The standard InChI is InChI=1S/C20H28ClN3O2/c1-16(25)24(18-6-2-3-7-18)10-9-20(26)23-13-11-22(12-14-23)19-8-4-5-17(21)15-19/h4-5,8,15,18H,2-3,6-7,9-14H2,1H3. The number of amides is 2. The second-order valence-corrected chi connectivity index (χ2v) is 7.68. The van der Waals surface area contributed by atoms with Crippen molar-refractivity contribution in [3.8, 4) is 0 Å². The van der Waals surface area contributed by atoms with Crippen molar-refractivity contribution in [1.29, 1.82) is 0 Å². The fraction of sp³-hybridized carbons (Fsp3) is 0.600. The molecule has 5 nitrogen and oxygen atoms in total. The lowest BCUT2D eigenvalue weighted by Gasteiger charge is -2.36. The number of benzene rings is 1. The van der Waals surface area contributed by atoms with Crippen LogP contribution in [0, 0.1) is 0 Å². The number of hydrogen-bond donors (Lipinski definition) is 0. The maximum atomic E-state index is 12.6. The third-order valence-corrected chi connectivity index (χ3v) is 5.78. The molecule has 3 rings (SSSR count). The van der Waals surface area contributed by atoms with Crippen LogP contribution in [-0.2, 0) is 9.59 Å². The Bertz CT molecular complexity index is 638. The molecule has 0 bridgehead atoms. The first-order valence-electron chi connectivity index (χ1n) is 9.60. The molecular formula is C20H28ClN3O2. The summed E-state index contributed by atoms with van der Waals surface area (Å²) in [5.41, 5.74) is 1.11. The number of rotatable bonds is 5. The number of anilines is 1. The molecular weight excluding hydrogens is 350 g/mol. The van der Waals surface area contributed by atoms with E-state index in [4.69, 9.17) is 11.6 Å². The highest BCUT2D eigenvalue weighted by Crippen LogP contribution is 2.24. The van der Waals surface area contributed by atoms with Crippen molar-refractivity contribution >= 4 is 29.1 Å². The second kappa shape index (κ2) is 8.76. The molecule has 2 aliphatic rings. The van der Waals surface area contributed by atoms with Crippen LogP contribution in [-0.4, -0.2) is 60.4 Å². The Hall–Kier alpha value is -1.75. The Balaban J connectivity index is 1.48.